The number of nitrogens with zero attached hydrogens (tertiary/aromatic N) is 3. The van der Waals surface area contributed by atoms with Crippen molar-refractivity contribution in [3.8, 4) is 11.5 Å². The highest BCUT2D eigenvalue weighted by Gasteiger charge is 2.30. The monoisotopic (exact) mass is 340 g/mol. The molecule has 25 heavy (non-hydrogen) atoms. The molecule has 4 heterocycles. The number of nitrogens with one attached hydrogen (secondary N) is 3. The second-order valence-electron chi connectivity index (χ2n) is 5.99. The van der Waals surface area contributed by atoms with Crippen LogP contribution < -0.4 is 10.6 Å². The Kier molecular flexibility index (Phi) is 3.41. The van der Waals surface area contributed by atoms with Crippen LogP contribution in [0.1, 0.15) is 35.3 Å². The summed E-state index contributed by atoms with van der Waals surface area (Å²) in [6, 6.07) is 5.13. The Morgan fingerprint density at radius 1 is 1.48 bits per heavy atom. The number of amides is 2. The summed E-state index contributed by atoms with van der Waals surface area (Å²) < 4.78 is 6.83. The Morgan fingerprint density at radius 3 is 3.08 bits per heavy atom. The van der Waals surface area contributed by atoms with Gasteiger partial charge in [-0.1, -0.05) is 6.92 Å². The van der Waals surface area contributed by atoms with Crippen molar-refractivity contribution >= 4 is 23.5 Å². The minimum atomic E-state index is -0.390. The van der Waals surface area contributed by atoms with Gasteiger partial charge in [0.1, 0.15) is 11.5 Å². The van der Waals surface area contributed by atoms with Crippen LogP contribution in [-0.2, 0) is 11.8 Å². The summed E-state index contributed by atoms with van der Waals surface area (Å²) in [6.07, 6.45) is 1.90. The van der Waals surface area contributed by atoms with E-state index in [-0.39, 0.29) is 23.4 Å². The quantitative estimate of drug-likeness (QED) is 0.675. The minimum absolute atomic E-state index is 0.0365. The van der Waals surface area contributed by atoms with Crippen molar-refractivity contribution in [2.24, 2.45) is 7.05 Å². The highest BCUT2D eigenvalue weighted by molar-refractivity contribution is 6.04. The lowest BCUT2D eigenvalue weighted by Gasteiger charge is -2.20. The first-order valence-electron chi connectivity index (χ1n) is 7.80. The van der Waals surface area contributed by atoms with Gasteiger partial charge < -0.3 is 15.1 Å². The highest BCUT2D eigenvalue weighted by Crippen LogP contribution is 2.37. The number of hydrogen-bond acceptors (Lipinski definition) is 5. The number of aromatic nitrogens is 4. The zero-order valence-electron chi connectivity index (χ0n) is 13.7. The maximum Gasteiger partial charge on any atom is 0.277 e. The molecule has 0 aliphatic carbocycles. The standard InChI is InChI=1S/C16H16N6O3/c1-8-6-12(23)17-15-13(8)14(21-22(15)2)18-16(24)10-7-9(19-20-10)11-4-3-5-25-11/h3-5,7-8H,6H2,1-2H3,(H,17,23)(H,19,20)(H,18,21,24). The van der Waals surface area contributed by atoms with Crippen molar-refractivity contribution in [3.05, 3.63) is 35.7 Å². The van der Waals surface area contributed by atoms with E-state index in [1.165, 1.54) is 0 Å². The number of furan rings is 1. The van der Waals surface area contributed by atoms with Gasteiger partial charge >= 0.3 is 0 Å². The molecule has 1 aliphatic heterocycles. The van der Waals surface area contributed by atoms with Crippen LogP contribution in [0.25, 0.3) is 11.5 Å². The van der Waals surface area contributed by atoms with Crippen LogP contribution in [0.4, 0.5) is 11.6 Å². The van der Waals surface area contributed by atoms with Crippen LogP contribution >= 0.6 is 0 Å². The molecule has 128 valence electrons. The van der Waals surface area contributed by atoms with E-state index in [0.29, 0.717) is 29.5 Å². The number of anilines is 2. The first kappa shape index (κ1) is 15.2. The lowest BCUT2D eigenvalue weighted by Crippen LogP contribution is -2.23. The van der Waals surface area contributed by atoms with E-state index in [9.17, 15) is 9.59 Å². The number of carbonyl (C=O) groups excluding carboxylic acids is 2. The van der Waals surface area contributed by atoms with E-state index in [1.54, 1.807) is 36.2 Å². The maximum atomic E-state index is 12.5. The zero-order chi connectivity index (χ0) is 17.6. The SMILES string of the molecule is CC1CC(=O)Nc2c1c(NC(=O)c1cc(-c3ccco3)[nH]n1)nn2C. The normalized spacial score (nSPS) is 16.4. The molecule has 0 spiro atoms. The predicted octanol–water partition coefficient (Wildman–Crippen LogP) is 2.10. The second-order valence-corrected chi connectivity index (χ2v) is 5.99. The number of aromatic amines is 1. The molecule has 2 amide bonds. The molecule has 3 N–H and O–H groups in total. The molecule has 0 fully saturated rings. The van der Waals surface area contributed by atoms with Crippen molar-refractivity contribution in [1.29, 1.82) is 0 Å². The Morgan fingerprint density at radius 2 is 2.32 bits per heavy atom. The molecule has 1 atom stereocenters. The van der Waals surface area contributed by atoms with Gasteiger partial charge in [0.2, 0.25) is 5.91 Å². The molecule has 4 rings (SSSR count). The van der Waals surface area contributed by atoms with Crippen molar-refractivity contribution in [3.63, 3.8) is 0 Å². The number of hydrogen-bond donors (Lipinski definition) is 3. The van der Waals surface area contributed by atoms with Gasteiger partial charge in [-0.05, 0) is 18.1 Å². The Labute approximate surface area is 142 Å². The molecule has 3 aromatic rings. The Balaban J connectivity index is 1.60. The van der Waals surface area contributed by atoms with Crippen LogP contribution in [0.3, 0.4) is 0 Å². The smallest absolute Gasteiger partial charge is 0.277 e. The van der Waals surface area contributed by atoms with Gasteiger partial charge in [-0.3, -0.25) is 19.4 Å². The van der Waals surface area contributed by atoms with Gasteiger partial charge in [-0.25, -0.2) is 0 Å². The van der Waals surface area contributed by atoms with E-state index in [2.05, 4.69) is 25.9 Å². The number of aryl methyl sites for hydroxylation is 1. The highest BCUT2D eigenvalue weighted by atomic mass is 16.3. The minimum Gasteiger partial charge on any atom is -0.463 e. The van der Waals surface area contributed by atoms with Gasteiger partial charge in [-0.15, -0.1) is 0 Å². The van der Waals surface area contributed by atoms with Crippen molar-refractivity contribution in [1.82, 2.24) is 20.0 Å². The first-order chi connectivity index (χ1) is 12.0. The summed E-state index contributed by atoms with van der Waals surface area (Å²) >= 11 is 0. The molecule has 0 saturated heterocycles. The lowest BCUT2D eigenvalue weighted by molar-refractivity contribution is -0.116. The topological polar surface area (TPSA) is 118 Å². The number of rotatable bonds is 3. The average Bonchev–Trinajstić information content (AvgIpc) is 3.28. The number of fused-ring (bicyclic) bond motifs is 1. The first-order valence-corrected chi connectivity index (χ1v) is 7.80. The van der Waals surface area contributed by atoms with Crippen molar-refractivity contribution in [2.45, 2.75) is 19.3 Å². The number of H-pyrrole nitrogens is 1. The summed E-state index contributed by atoms with van der Waals surface area (Å²) in [5, 5.41) is 16.7. The Hall–Kier alpha value is -3.36. The van der Waals surface area contributed by atoms with Crippen LogP contribution in [0.2, 0.25) is 0 Å². The lowest BCUT2D eigenvalue weighted by atomic mass is 9.95. The van der Waals surface area contributed by atoms with E-state index in [0.717, 1.165) is 5.56 Å². The largest absolute Gasteiger partial charge is 0.463 e. The molecule has 0 bridgehead atoms. The molecule has 3 aromatic heterocycles. The van der Waals surface area contributed by atoms with E-state index in [4.69, 9.17) is 4.42 Å². The molecule has 1 unspecified atom stereocenters. The predicted molar refractivity (Wildman–Crippen MR) is 89.1 cm³/mol. The van der Waals surface area contributed by atoms with Crippen molar-refractivity contribution < 1.29 is 14.0 Å². The second kappa shape index (κ2) is 5.62. The molecule has 0 aromatic carbocycles. The van der Waals surface area contributed by atoms with Gasteiger partial charge in [0, 0.05) is 25.1 Å². The summed E-state index contributed by atoms with van der Waals surface area (Å²) in [6.45, 7) is 1.93. The molecule has 0 saturated carbocycles. The molecule has 0 radical (unpaired) electrons. The van der Waals surface area contributed by atoms with Gasteiger partial charge in [-0.2, -0.15) is 10.2 Å². The van der Waals surface area contributed by atoms with E-state index in [1.807, 2.05) is 6.92 Å². The fourth-order valence-corrected chi connectivity index (χ4v) is 2.98. The van der Waals surface area contributed by atoms with Gasteiger partial charge in [0.15, 0.2) is 17.3 Å². The fourth-order valence-electron chi connectivity index (χ4n) is 2.98. The molecule has 1 aliphatic rings. The third-order valence-electron chi connectivity index (χ3n) is 4.16. The molecule has 9 nitrogen and oxygen atoms in total. The summed E-state index contributed by atoms with van der Waals surface area (Å²) in [7, 11) is 1.72. The van der Waals surface area contributed by atoms with Crippen LogP contribution in [0, 0.1) is 0 Å². The summed E-state index contributed by atoms with van der Waals surface area (Å²) in [4.78, 5) is 24.2. The van der Waals surface area contributed by atoms with Crippen LogP contribution in [0.15, 0.2) is 28.9 Å². The van der Waals surface area contributed by atoms with Crippen LogP contribution in [-0.4, -0.2) is 31.8 Å². The summed E-state index contributed by atoms with van der Waals surface area (Å²) in [5.41, 5.74) is 1.65. The van der Waals surface area contributed by atoms with Crippen molar-refractivity contribution in [2.75, 3.05) is 10.6 Å². The third kappa shape index (κ3) is 2.59. The van der Waals surface area contributed by atoms with Gasteiger partial charge in [0.05, 0.1) is 6.26 Å². The maximum absolute atomic E-state index is 12.5. The zero-order valence-corrected chi connectivity index (χ0v) is 13.7. The average molecular weight is 340 g/mol. The van der Waals surface area contributed by atoms with E-state index < -0.39 is 0 Å². The van der Waals surface area contributed by atoms with Gasteiger partial charge in [0.25, 0.3) is 5.91 Å². The number of carbonyl (C=O) groups is 2. The Bertz CT molecular complexity index is 953. The summed E-state index contributed by atoms with van der Waals surface area (Å²) in [5.74, 6) is 1.15. The third-order valence-corrected chi connectivity index (χ3v) is 4.16. The molecular weight excluding hydrogens is 324 g/mol. The fraction of sp³-hybridized carbons (Fsp3) is 0.250. The molecular formula is C16H16N6O3. The van der Waals surface area contributed by atoms with Crippen LogP contribution in [0.5, 0.6) is 0 Å². The molecule has 9 heteroatoms. The van der Waals surface area contributed by atoms with E-state index >= 15 is 0 Å².